The van der Waals surface area contributed by atoms with E-state index >= 15 is 0 Å². The molecule has 0 atom stereocenters. The SMILES string of the molecule is CC(=O)Nc1cc(NCCCCCCCCCCC(=O)N2CCN(c3ccc(Nc4ncc5c(C)c(C(C)=O)c(=O)n(C6CCCC6)c5n4)nc3)CC2)ccc1C(=O)Nc1nc(C)c([N+](=O)[O-])s1. The lowest BCUT2D eigenvalue weighted by Crippen LogP contribution is -2.48. The summed E-state index contributed by atoms with van der Waals surface area (Å²) in [6, 6.07) is 8.92. The summed E-state index contributed by atoms with van der Waals surface area (Å²) in [6.07, 6.45) is 16.2. The molecule has 4 N–H and O–H groups in total. The van der Waals surface area contributed by atoms with E-state index in [2.05, 4.69) is 41.1 Å². The number of hydrogen-bond donors (Lipinski definition) is 4. The van der Waals surface area contributed by atoms with Gasteiger partial charge < -0.3 is 25.8 Å². The highest BCUT2D eigenvalue weighted by molar-refractivity contribution is 7.19. The van der Waals surface area contributed by atoms with Crippen molar-refractivity contribution in [3.05, 3.63) is 85.6 Å². The van der Waals surface area contributed by atoms with Gasteiger partial charge in [-0.15, -0.1) is 0 Å². The molecule has 7 rings (SSSR count). The number of carbonyl (C=O) groups is 4. The molecule has 4 aromatic heterocycles. The number of ketones is 1. The zero-order valence-electron chi connectivity index (χ0n) is 39.2. The van der Waals surface area contributed by atoms with Crippen molar-refractivity contribution in [2.75, 3.05) is 58.9 Å². The number of anilines is 6. The van der Waals surface area contributed by atoms with Gasteiger partial charge in [0.05, 0.1) is 33.6 Å². The second kappa shape index (κ2) is 22.8. The van der Waals surface area contributed by atoms with Crippen LogP contribution in [0.15, 0.2) is 47.5 Å². The molecule has 0 radical (unpaired) electrons. The number of nitrogens with zero attached hydrogens (tertiary/aromatic N) is 8. The van der Waals surface area contributed by atoms with Crippen molar-refractivity contribution in [3.63, 3.8) is 0 Å². The maximum absolute atomic E-state index is 13.6. The largest absolute Gasteiger partial charge is 0.385 e. The molecule has 5 aromatic rings. The summed E-state index contributed by atoms with van der Waals surface area (Å²) in [5.41, 5.74) is 3.52. The Kier molecular flexibility index (Phi) is 16.4. The lowest BCUT2D eigenvalue weighted by atomic mass is 10.0. The summed E-state index contributed by atoms with van der Waals surface area (Å²) >= 11 is 0.775. The van der Waals surface area contributed by atoms with Gasteiger partial charge >= 0.3 is 5.00 Å². The van der Waals surface area contributed by atoms with Gasteiger partial charge in [0.1, 0.15) is 17.2 Å². The van der Waals surface area contributed by atoms with Gasteiger partial charge in [0, 0.05) is 69.4 Å². The standard InChI is InChI=1S/C48H60N12O7S/c1-30-38-29-51-47(55-43(38)59(35-15-12-13-16-35)45(65)42(30)32(3)61)54-40-21-19-36(28-50-40)57-23-25-58(26-24-57)41(63)17-11-9-7-5-6-8-10-14-22-49-34-18-20-37(39(27-34)53-33(4)62)44(64)56-48-52-31(2)46(68-48)60(66)67/h18-21,27-29,35,49H,5-17,22-26H2,1-4H3,(H,53,62)(H,52,56,64)(H,50,51,54,55). The summed E-state index contributed by atoms with van der Waals surface area (Å²) < 4.78 is 1.70. The molecule has 19 nitrogen and oxygen atoms in total. The number of hydrogen-bond acceptors (Lipinski definition) is 15. The second-order valence-electron chi connectivity index (χ2n) is 17.6. The van der Waals surface area contributed by atoms with E-state index in [0.717, 1.165) is 119 Å². The smallest absolute Gasteiger partial charge is 0.348 e. The molecule has 5 heterocycles. The van der Waals surface area contributed by atoms with Gasteiger partial charge in [0.15, 0.2) is 10.9 Å². The fourth-order valence-electron chi connectivity index (χ4n) is 9.06. The average molecular weight is 949 g/mol. The molecule has 0 bridgehead atoms. The number of carbonyl (C=O) groups excluding carboxylic acids is 4. The number of nitrogens with one attached hydrogen (secondary N) is 4. The summed E-state index contributed by atoms with van der Waals surface area (Å²) in [4.78, 5) is 96.8. The number of aromatic nitrogens is 5. The molecule has 2 fully saturated rings. The molecule has 3 amide bonds. The zero-order chi connectivity index (χ0) is 48.3. The van der Waals surface area contributed by atoms with Crippen molar-refractivity contribution < 1.29 is 24.1 Å². The summed E-state index contributed by atoms with van der Waals surface area (Å²) in [5, 5.41) is 23.7. The average Bonchev–Trinajstić information content (AvgIpc) is 3.98. The van der Waals surface area contributed by atoms with Gasteiger partial charge in [-0.25, -0.2) is 15.0 Å². The number of piperazine rings is 1. The zero-order valence-corrected chi connectivity index (χ0v) is 40.0. The predicted octanol–water partition coefficient (Wildman–Crippen LogP) is 8.71. The normalized spacial score (nSPS) is 14.0. The van der Waals surface area contributed by atoms with Gasteiger partial charge in [0.25, 0.3) is 11.5 Å². The number of Topliss-reactive ketones (excluding diaryl/α,β-unsaturated/α-hetero) is 1. The maximum atomic E-state index is 13.6. The number of unbranched alkanes of at least 4 members (excludes halogenated alkanes) is 7. The molecule has 2 aliphatic rings. The van der Waals surface area contributed by atoms with Crippen LogP contribution in [0.3, 0.4) is 0 Å². The lowest BCUT2D eigenvalue weighted by molar-refractivity contribution is -0.380. The van der Waals surface area contributed by atoms with E-state index in [1.807, 2.05) is 17.0 Å². The first-order valence-corrected chi connectivity index (χ1v) is 24.4. The van der Waals surface area contributed by atoms with Crippen LogP contribution in [0.4, 0.5) is 39.0 Å². The third-order valence-corrected chi connectivity index (χ3v) is 13.6. The Labute approximate surface area is 398 Å². The van der Waals surface area contributed by atoms with E-state index in [4.69, 9.17) is 4.98 Å². The summed E-state index contributed by atoms with van der Waals surface area (Å²) in [7, 11) is 0. The van der Waals surface area contributed by atoms with Crippen LogP contribution in [0.2, 0.25) is 0 Å². The van der Waals surface area contributed by atoms with Gasteiger partial charge in [-0.1, -0.05) is 51.4 Å². The number of rotatable bonds is 21. The van der Waals surface area contributed by atoms with E-state index in [0.29, 0.717) is 53.6 Å². The molecule has 0 spiro atoms. The van der Waals surface area contributed by atoms with E-state index in [-0.39, 0.29) is 56.2 Å². The minimum atomic E-state index is -0.540. The van der Waals surface area contributed by atoms with Crippen LogP contribution < -0.4 is 31.7 Å². The van der Waals surface area contributed by atoms with Crippen molar-refractivity contribution >= 4 is 84.8 Å². The van der Waals surface area contributed by atoms with Gasteiger partial charge in [-0.2, -0.15) is 4.98 Å². The Morgan fingerprint density at radius 3 is 2.21 bits per heavy atom. The van der Waals surface area contributed by atoms with Crippen molar-refractivity contribution in [2.24, 2.45) is 0 Å². The highest BCUT2D eigenvalue weighted by Gasteiger charge is 2.27. The van der Waals surface area contributed by atoms with E-state index < -0.39 is 10.8 Å². The van der Waals surface area contributed by atoms with E-state index in [1.165, 1.54) is 20.8 Å². The number of aryl methyl sites for hydroxylation is 2. The second-order valence-corrected chi connectivity index (χ2v) is 18.5. The molecule has 1 aliphatic heterocycles. The van der Waals surface area contributed by atoms with Crippen LogP contribution in [0.1, 0.15) is 135 Å². The van der Waals surface area contributed by atoms with Crippen molar-refractivity contribution in [1.82, 2.24) is 29.4 Å². The molecular formula is C48H60N12O7S. The molecular weight excluding hydrogens is 889 g/mol. The van der Waals surface area contributed by atoms with E-state index in [9.17, 15) is 34.1 Å². The summed E-state index contributed by atoms with van der Waals surface area (Å²) in [5.74, 6) is -0.0289. The summed E-state index contributed by atoms with van der Waals surface area (Å²) in [6.45, 7) is 9.56. The highest BCUT2D eigenvalue weighted by Crippen LogP contribution is 2.33. The molecule has 360 valence electrons. The minimum absolute atomic E-state index is 0.00400. The topological polar surface area (TPSA) is 240 Å². The van der Waals surface area contributed by atoms with Crippen LogP contribution >= 0.6 is 11.3 Å². The Balaban J connectivity index is 0.766. The van der Waals surface area contributed by atoms with Crippen LogP contribution in [-0.2, 0) is 9.59 Å². The molecule has 1 aromatic carbocycles. The third kappa shape index (κ3) is 12.2. The van der Waals surface area contributed by atoms with E-state index in [1.54, 1.807) is 42.1 Å². The fraction of sp³-hybridized carbons (Fsp3) is 0.479. The Morgan fingerprint density at radius 1 is 0.853 bits per heavy atom. The molecule has 1 aliphatic carbocycles. The lowest BCUT2D eigenvalue weighted by Gasteiger charge is -2.36. The first-order valence-electron chi connectivity index (χ1n) is 23.5. The van der Waals surface area contributed by atoms with Gasteiger partial charge in [-0.3, -0.25) is 44.0 Å². The first-order chi connectivity index (χ1) is 32.8. The predicted molar refractivity (Wildman–Crippen MR) is 265 cm³/mol. The minimum Gasteiger partial charge on any atom is -0.385 e. The quantitative estimate of drug-likeness (QED) is 0.0233. The maximum Gasteiger partial charge on any atom is 0.348 e. The number of nitro groups is 1. The number of thiazole rings is 1. The number of fused-ring (bicyclic) bond motifs is 1. The van der Waals surface area contributed by atoms with Crippen LogP contribution in [0.5, 0.6) is 0 Å². The Bertz CT molecular complexity index is 2710. The van der Waals surface area contributed by atoms with Gasteiger partial charge in [-0.05, 0) is 93.7 Å². The van der Waals surface area contributed by atoms with Crippen molar-refractivity contribution in [1.29, 1.82) is 0 Å². The molecule has 0 unspecified atom stereocenters. The fourth-order valence-corrected chi connectivity index (χ4v) is 9.84. The highest BCUT2D eigenvalue weighted by atomic mass is 32.1. The molecule has 68 heavy (non-hydrogen) atoms. The molecule has 1 saturated heterocycles. The number of pyridine rings is 2. The monoisotopic (exact) mass is 948 g/mol. The molecule has 1 saturated carbocycles. The van der Waals surface area contributed by atoms with Gasteiger partial charge in [0.2, 0.25) is 17.8 Å². The first kappa shape index (κ1) is 49.1. The molecule has 20 heteroatoms. The number of benzene rings is 1. The van der Waals surface area contributed by atoms with Crippen molar-refractivity contribution in [3.8, 4) is 0 Å². The third-order valence-electron chi connectivity index (χ3n) is 12.6. The van der Waals surface area contributed by atoms with Crippen LogP contribution in [0.25, 0.3) is 11.0 Å². The van der Waals surface area contributed by atoms with Crippen molar-refractivity contribution in [2.45, 2.75) is 117 Å². The van der Waals surface area contributed by atoms with Crippen LogP contribution in [-0.4, -0.2) is 90.6 Å². The Hall–Kier alpha value is -6.83. The Morgan fingerprint density at radius 2 is 1.56 bits per heavy atom. The number of amides is 3. The van der Waals surface area contributed by atoms with Crippen LogP contribution in [0, 0.1) is 24.0 Å².